The van der Waals surface area contributed by atoms with Gasteiger partial charge in [0.2, 0.25) is 0 Å². The third-order valence-corrected chi connectivity index (χ3v) is 3.35. The van der Waals surface area contributed by atoms with Crippen molar-refractivity contribution in [3.63, 3.8) is 0 Å². The van der Waals surface area contributed by atoms with Crippen LogP contribution in [0.1, 0.15) is 75.6 Å². The van der Waals surface area contributed by atoms with E-state index in [2.05, 4.69) is 10.6 Å². The van der Waals surface area contributed by atoms with Crippen LogP contribution in [0.2, 0.25) is 0 Å². The second-order valence-electron chi connectivity index (χ2n) is 5.73. The summed E-state index contributed by atoms with van der Waals surface area (Å²) in [4.78, 5) is 45.7. The fourth-order valence-electron chi connectivity index (χ4n) is 1.94. The fraction of sp³-hybridized carbons (Fsp3) is 0.524. The average Bonchev–Trinajstić information content (AvgIpc) is 2.68. The van der Waals surface area contributed by atoms with Crippen molar-refractivity contribution in [3.05, 3.63) is 29.3 Å². The molecule has 0 aliphatic carbocycles. The summed E-state index contributed by atoms with van der Waals surface area (Å²) >= 11 is 0. The van der Waals surface area contributed by atoms with Crippen LogP contribution in [-0.2, 0) is 9.59 Å². The second-order valence-corrected chi connectivity index (χ2v) is 5.73. The number of carboxylic acids is 1. The molecule has 0 atom stereocenters. The van der Waals surface area contributed by atoms with Crippen molar-refractivity contribution in [1.82, 2.24) is 5.32 Å². The van der Waals surface area contributed by atoms with Crippen LogP contribution in [0, 0.1) is 5.92 Å². The molecule has 1 aromatic carbocycles. The van der Waals surface area contributed by atoms with Crippen molar-refractivity contribution in [2.24, 2.45) is 5.92 Å². The SMILES string of the molecule is CC.CC.CC(=O)c1cc(NCCC(=O)C(C)C)cc(C(=O)NCC(=O)O)c1. The summed E-state index contributed by atoms with van der Waals surface area (Å²) in [5, 5.41) is 13.9. The zero-order valence-corrected chi connectivity index (χ0v) is 18.0. The molecular formula is C21H34N2O5. The molecule has 158 valence electrons. The smallest absolute Gasteiger partial charge is 0.322 e. The van der Waals surface area contributed by atoms with Gasteiger partial charge in [0.25, 0.3) is 5.91 Å². The highest BCUT2D eigenvalue weighted by molar-refractivity contribution is 6.01. The first-order chi connectivity index (χ1) is 13.2. The van der Waals surface area contributed by atoms with E-state index in [0.717, 1.165) is 0 Å². The summed E-state index contributed by atoms with van der Waals surface area (Å²) in [6, 6.07) is 4.52. The van der Waals surface area contributed by atoms with Crippen molar-refractivity contribution in [3.8, 4) is 0 Å². The number of Topliss-reactive ketones (excluding diaryl/α,β-unsaturated/α-hetero) is 2. The normalized spacial score (nSPS) is 9.29. The number of ketones is 2. The average molecular weight is 395 g/mol. The van der Waals surface area contributed by atoms with Gasteiger partial charge in [-0.2, -0.15) is 0 Å². The van der Waals surface area contributed by atoms with E-state index in [4.69, 9.17) is 5.11 Å². The molecule has 3 N–H and O–H groups in total. The van der Waals surface area contributed by atoms with Crippen LogP contribution in [0.3, 0.4) is 0 Å². The van der Waals surface area contributed by atoms with Crippen LogP contribution >= 0.6 is 0 Å². The molecule has 0 radical (unpaired) electrons. The largest absolute Gasteiger partial charge is 0.480 e. The third-order valence-electron chi connectivity index (χ3n) is 3.35. The standard InChI is InChI=1S/C17H22N2O5.2C2H6/c1-10(2)15(21)4-5-18-14-7-12(11(3)20)6-13(8-14)17(24)19-9-16(22)23;2*1-2/h6-8,10,18H,4-5,9H2,1-3H3,(H,19,24)(H,22,23);2*1-2H3. The maximum atomic E-state index is 12.0. The van der Waals surface area contributed by atoms with Crippen LogP contribution in [-0.4, -0.2) is 41.6 Å². The van der Waals surface area contributed by atoms with Gasteiger partial charge in [0, 0.05) is 35.7 Å². The fourth-order valence-corrected chi connectivity index (χ4v) is 1.94. The number of amides is 1. The number of hydrogen-bond donors (Lipinski definition) is 3. The van der Waals surface area contributed by atoms with Gasteiger partial charge in [0.05, 0.1) is 0 Å². The Morgan fingerprint density at radius 3 is 1.96 bits per heavy atom. The third kappa shape index (κ3) is 11.1. The van der Waals surface area contributed by atoms with Crippen LogP contribution < -0.4 is 10.6 Å². The lowest BCUT2D eigenvalue weighted by Gasteiger charge is -2.11. The van der Waals surface area contributed by atoms with Crippen molar-refractivity contribution in [2.45, 2.75) is 54.9 Å². The van der Waals surface area contributed by atoms with Crippen LogP contribution in [0.25, 0.3) is 0 Å². The monoisotopic (exact) mass is 394 g/mol. The molecule has 0 aliphatic heterocycles. The molecule has 0 unspecified atom stereocenters. The summed E-state index contributed by atoms with van der Waals surface area (Å²) in [5.74, 6) is -1.89. The molecule has 0 fully saturated rings. The number of carbonyl (C=O) groups excluding carboxylic acids is 3. The number of aliphatic carboxylic acids is 1. The van der Waals surface area contributed by atoms with Gasteiger partial charge in [-0.05, 0) is 25.1 Å². The minimum absolute atomic E-state index is 0.0484. The Morgan fingerprint density at radius 2 is 1.50 bits per heavy atom. The Hall–Kier alpha value is -2.70. The molecule has 0 saturated carbocycles. The molecule has 1 amide bonds. The zero-order valence-electron chi connectivity index (χ0n) is 18.0. The summed E-state index contributed by atoms with van der Waals surface area (Å²) in [6.07, 6.45) is 0.336. The van der Waals surface area contributed by atoms with E-state index in [1.54, 1.807) is 6.07 Å². The first-order valence-electron chi connectivity index (χ1n) is 9.63. The molecular weight excluding hydrogens is 360 g/mol. The minimum atomic E-state index is -1.16. The zero-order chi connectivity index (χ0) is 22.3. The van der Waals surface area contributed by atoms with Crippen LogP contribution in [0.15, 0.2) is 18.2 Å². The second kappa shape index (κ2) is 15.4. The van der Waals surface area contributed by atoms with Gasteiger partial charge < -0.3 is 15.7 Å². The predicted octanol–water partition coefficient (Wildman–Crippen LogP) is 3.78. The van der Waals surface area contributed by atoms with Gasteiger partial charge in [-0.1, -0.05) is 41.5 Å². The number of carboxylic acid groups (broad SMARTS) is 1. The quantitative estimate of drug-likeness (QED) is 0.549. The van der Waals surface area contributed by atoms with Gasteiger partial charge in [0.15, 0.2) is 5.78 Å². The van der Waals surface area contributed by atoms with E-state index in [1.165, 1.54) is 19.1 Å². The molecule has 1 aromatic rings. The van der Waals surface area contributed by atoms with E-state index >= 15 is 0 Å². The topological polar surface area (TPSA) is 113 Å². The number of anilines is 1. The van der Waals surface area contributed by atoms with E-state index in [-0.39, 0.29) is 23.0 Å². The highest BCUT2D eigenvalue weighted by atomic mass is 16.4. The molecule has 0 aromatic heterocycles. The van der Waals surface area contributed by atoms with Gasteiger partial charge in [0.1, 0.15) is 12.3 Å². The summed E-state index contributed by atoms with van der Waals surface area (Å²) in [5.41, 5.74) is 1.04. The van der Waals surface area contributed by atoms with Crippen molar-refractivity contribution >= 4 is 29.1 Å². The summed E-state index contributed by atoms with van der Waals surface area (Å²) in [6.45, 7) is 12.9. The van der Waals surface area contributed by atoms with Gasteiger partial charge >= 0.3 is 5.97 Å². The number of rotatable bonds is 9. The lowest BCUT2D eigenvalue weighted by molar-refractivity contribution is -0.135. The van der Waals surface area contributed by atoms with E-state index in [0.29, 0.717) is 24.2 Å². The molecule has 0 aliphatic rings. The van der Waals surface area contributed by atoms with E-state index in [9.17, 15) is 19.2 Å². The lowest BCUT2D eigenvalue weighted by Crippen LogP contribution is -2.29. The number of nitrogens with one attached hydrogen (secondary N) is 2. The Labute approximate surface area is 167 Å². The Morgan fingerprint density at radius 1 is 0.964 bits per heavy atom. The van der Waals surface area contributed by atoms with Gasteiger partial charge in [-0.15, -0.1) is 0 Å². The highest BCUT2D eigenvalue weighted by Gasteiger charge is 2.12. The van der Waals surface area contributed by atoms with Gasteiger partial charge in [-0.3, -0.25) is 19.2 Å². The first-order valence-corrected chi connectivity index (χ1v) is 9.63. The summed E-state index contributed by atoms with van der Waals surface area (Å²) in [7, 11) is 0. The number of carbonyl (C=O) groups is 4. The predicted molar refractivity (Wildman–Crippen MR) is 112 cm³/mol. The van der Waals surface area contributed by atoms with E-state index in [1.807, 2.05) is 41.5 Å². The summed E-state index contributed by atoms with van der Waals surface area (Å²) < 4.78 is 0. The molecule has 28 heavy (non-hydrogen) atoms. The van der Waals surface area contributed by atoms with Crippen LogP contribution in [0.5, 0.6) is 0 Å². The number of hydrogen-bond acceptors (Lipinski definition) is 5. The Balaban J connectivity index is 0. The van der Waals surface area contributed by atoms with Gasteiger partial charge in [-0.25, -0.2) is 0 Å². The van der Waals surface area contributed by atoms with Crippen molar-refractivity contribution < 1.29 is 24.3 Å². The molecule has 0 bridgehead atoms. The molecule has 0 heterocycles. The van der Waals surface area contributed by atoms with E-state index < -0.39 is 18.4 Å². The molecule has 7 nitrogen and oxygen atoms in total. The lowest BCUT2D eigenvalue weighted by atomic mass is 10.0. The Kier molecular flexibility index (Phi) is 15.1. The minimum Gasteiger partial charge on any atom is -0.480 e. The highest BCUT2D eigenvalue weighted by Crippen LogP contribution is 2.16. The number of benzene rings is 1. The molecule has 0 spiro atoms. The van der Waals surface area contributed by atoms with Crippen molar-refractivity contribution in [2.75, 3.05) is 18.4 Å². The first kappa shape index (κ1) is 27.5. The van der Waals surface area contributed by atoms with Crippen molar-refractivity contribution in [1.29, 1.82) is 0 Å². The maximum absolute atomic E-state index is 12.0. The molecule has 1 rings (SSSR count). The molecule has 7 heteroatoms. The Bertz CT molecular complexity index is 654. The molecule has 0 saturated heterocycles. The van der Waals surface area contributed by atoms with Crippen LogP contribution in [0.4, 0.5) is 5.69 Å². The maximum Gasteiger partial charge on any atom is 0.322 e.